The van der Waals surface area contributed by atoms with E-state index in [0.29, 0.717) is 24.7 Å². The average molecular weight is 446 g/mol. The molecule has 0 aliphatic carbocycles. The summed E-state index contributed by atoms with van der Waals surface area (Å²) in [6, 6.07) is 17.3. The highest BCUT2D eigenvalue weighted by molar-refractivity contribution is 5.90. The number of carbonyl (C=O) groups excluding carboxylic acids is 2. The van der Waals surface area contributed by atoms with Crippen molar-refractivity contribution in [3.63, 3.8) is 0 Å². The number of pyridine rings is 1. The van der Waals surface area contributed by atoms with E-state index in [4.69, 9.17) is 5.73 Å². The SMILES string of the molecule is Cc1nc(N)ccc1CNC(=O)[C@H](C)NC(=O)[C@H]1C[C@H](c2cccc3ccccc23)CCN1. The van der Waals surface area contributed by atoms with Gasteiger partial charge in [-0.25, -0.2) is 4.98 Å². The van der Waals surface area contributed by atoms with Crippen molar-refractivity contribution in [1.82, 2.24) is 20.9 Å². The Balaban J connectivity index is 1.35. The van der Waals surface area contributed by atoms with Crippen LogP contribution in [-0.4, -0.2) is 35.4 Å². The second-order valence-corrected chi connectivity index (χ2v) is 8.73. The van der Waals surface area contributed by atoms with E-state index >= 15 is 0 Å². The van der Waals surface area contributed by atoms with Gasteiger partial charge in [-0.1, -0.05) is 48.5 Å². The molecule has 4 rings (SSSR count). The Labute approximate surface area is 194 Å². The predicted molar refractivity (Wildman–Crippen MR) is 131 cm³/mol. The van der Waals surface area contributed by atoms with E-state index in [9.17, 15) is 9.59 Å². The predicted octanol–water partition coefficient (Wildman–Crippen LogP) is 2.78. The first-order valence-corrected chi connectivity index (χ1v) is 11.4. The van der Waals surface area contributed by atoms with Crippen molar-refractivity contribution < 1.29 is 9.59 Å². The van der Waals surface area contributed by atoms with Crippen molar-refractivity contribution in [2.75, 3.05) is 12.3 Å². The maximum atomic E-state index is 12.9. The van der Waals surface area contributed by atoms with Crippen LogP contribution in [0, 0.1) is 6.92 Å². The van der Waals surface area contributed by atoms with Gasteiger partial charge in [-0.15, -0.1) is 0 Å². The molecule has 0 unspecified atom stereocenters. The van der Waals surface area contributed by atoms with Crippen molar-refractivity contribution in [1.29, 1.82) is 0 Å². The van der Waals surface area contributed by atoms with Gasteiger partial charge in [0.15, 0.2) is 0 Å². The summed E-state index contributed by atoms with van der Waals surface area (Å²) in [4.78, 5) is 29.7. The summed E-state index contributed by atoms with van der Waals surface area (Å²) in [7, 11) is 0. The van der Waals surface area contributed by atoms with E-state index in [1.807, 2.05) is 19.1 Å². The van der Waals surface area contributed by atoms with Gasteiger partial charge >= 0.3 is 0 Å². The van der Waals surface area contributed by atoms with Crippen molar-refractivity contribution in [3.05, 3.63) is 71.4 Å². The second-order valence-electron chi connectivity index (χ2n) is 8.73. The Morgan fingerprint density at radius 3 is 2.76 bits per heavy atom. The molecule has 1 aromatic heterocycles. The fourth-order valence-corrected chi connectivity index (χ4v) is 4.52. The van der Waals surface area contributed by atoms with Gasteiger partial charge in [0.2, 0.25) is 11.8 Å². The smallest absolute Gasteiger partial charge is 0.242 e. The molecule has 3 atom stereocenters. The first kappa shape index (κ1) is 22.7. The Morgan fingerprint density at radius 2 is 1.94 bits per heavy atom. The number of amides is 2. The lowest BCUT2D eigenvalue weighted by Gasteiger charge is -2.31. The minimum Gasteiger partial charge on any atom is -0.384 e. The van der Waals surface area contributed by atoms with E-state index in [0.717, 1.165) is 24.2 Å². The van der Waals surface area contributed by atoms with Gasteiger partial charge in [0.1, 0.15) is 11.9 Å². The summed E-state index contributed by atoms with van der Waals surface area (Å²) in [5.41, 5.74) is 8.63. The van der Waals surface area contributed by atoms with E-state index < -0.39 is 6.04 Å². The monoisotopic (exact) mass is 445 g/mol. The molecule has 2 amide bonds. The highest BCUT2D eigenvalue weighted by atomic mass is 16.2. The number of aromatic nitrogens is 1. The summed E-state index contributed by atoms with van der Waals surface area (Å²) < 4.78 is 0. The molecule has 1 aliphatic heterocycles. The minimum atomic E-state index is -0.640. The standard InChI is InChI=1S/C26H31N5O2/c1-16-20(10-11-24(27)30-16)15-29-25(32)17(2)31-26(33)23-14-19(12-13-28-23)22-9-5-7-18-6-3-4-8-21(18)22/h3-11,17,19,23,28H,12-15H2,1-2H3,(H2,27,30)(H,29,32)(H,31,33)/t17-,19+,23+/m0/s1. The first-order valence-electron chi connectivity index (χ1n) is 11.4. The zero-order valence-electron chi connectivity index (χ0n) is 19.1. The second kappa shape index (κ2) is 10.0. The number of nitrogens with two attached hydrogens (primary N) is 1. The third-order valence-electron chi connectivity index (χ3n) is 6.41. The van der Waals surface area contributed by atoms with Crippen molar-refractivity contribution in [2.45, 2.75) is 51.2 Å². The zero-order chi connectivity index (χ0) is 23.4. The van der Waals surface area contributed by atoms with Gasteiger partial charge in [-0.3, -0.25) is 9.59 Å². The molecule has 0 saturated carbocycles. The summed E-state index contributed by atoms with van der Waals surface area (Å²) in [6.45, 7) is 4.65. The number of hydrogen-bond donors (Lipinski definition) is 4. The average Bonchev–Trinajstić information content (AvgIpc) is 2.83. The number of nitrogens with zero attached hydrogens (tertiary/aromatic N) is 1. The molecule has 0 bridgehead atoms. The van der Waals surface area contributed by atoms with Gasteiger partial charge < -0.3 is 21.7 Å². The van der Waals surface area contributed by atoms with Crippen LogP contribution >= 0.6 is 0 Å². The zero-order valence-corrected chi connectivity index (χ0v) is 19.1. The molecular weight excluding hydrogens is 414 g/mol. The molecule has 0 radical (unpaired) electrons. The third kappa shape index (κ3) is 5.31. The van der Waals surface area contributed by atoms with Crippen LogP contribution in [0.3, 0.4) is 0 Å². The molecule has 3 aromatic rings. The summed E-state index contributed by atoms with van der Waals surface area (Å²) >= 11 is 0. The number of anilines is 1. The van der Waals surface area contributed by atoms with Gasteiger partial charge in [-0.05, 0) is 67.1 Å². The Morgan fingerprint density at radius 1 is 1.15 bits per heavy atom. The van der Waals surface area contributed by atoms with E-state index in [1.165, 1.54) is 16.3 Å². The van der Waals surface area contributed by atoms with Crippen LogP contribution < -0.4 is 21.7 Å². The summed E-state index contributed by atoms with van der Waals surface area (Å²) in [6.07, 6.45) is 1.67. The van der Waals surface area contributed by atoms with Gasteiger partial charge in [-0.2, -0.15) is 0 Å². The quantitative estimate of drug-likeness (QED) is 0.467. The van der Waals surface area contributed by atoms with E-state index in [1.54, 1.807) is 13.0 Å². The van der Waals surface area contributed by atoms with E-state index in [2.05, 4.69) is 57.3 Å². The number of carbonyl (C=O) groups is 2. The Bertz CT molecular complexity index is 1160. The molecule has 0 spiro atoms. The molecule has 33 heavy (non-hydrogen) atoms. The number of nitrogen functional groups attached to an aromatic ring is 1. The number of piperidine rings is 1. The number of hydrogen-bond acceptors (Lipinski definition) is 5. The molecule has 172 valence electrons. The molecule has 1 saturated heterocycles. The molecule has 7 heteroatoms. The van der Waals surface area contributed by atoms with Gasteiger partial charge in [0.05, 0.1) is 6.04 Å². The number of benzene rings is 2. The summed E-state index contributed by atoms with van der Waals surface area (Å²) in [5, 5.41) is 11.5. The molecular formula is C26H31N5O2. The van der Waals surface area contributed by atoms with Crippen LogP contribution in [0.2, 0.25) is 0 Å². The fraction of sp³-hybridized carbons (Fsp3) is 0.346. The lowest BCUT2D eigenvalue weighted by atomic mass is 9.83. The number of rotatable bonds is 6. The molecule has 1 aliphatic rings. The van der Waals surface area contributed by atoms with Crippen LogP contribution in [-0.2, 0) is 16.1 Å². The highest BCUT2D eigenvalue weighted by Gasteiger charge is 2.30. The molecule has 5 N–H and O–H groups in total. The van der Waals surface area contributed by atoms with Crippen molar-refractivity contribution in [3.8, 4) is 0 Å². The number of aryl methyl sites for hydroxylation is 1. The first-order chi connectivity index (χ1) is 15.9. The lowest BCUT2D eigenvalue weighted by molar-refractivity contribution is -0.130. The highest BCUT2D eigenvalue weighted by Crippen LogP contribution is 2.33. The van der Waals surface area contributed by atoms with Gasteiger partial charge in [0, 0.05) is 12.2 Å². The Kier molecular flexibility index (Phi) is 6.89. The topological polar surface area (TPSA) is 109 Å². The maximum absolute atomic E-state index is 12.9. The van der Waals surface area contributed by atoms with Crippen LogP contribution in [0.5, 0.6) is 0 Å². The molecule has 2 aromatic carbocycles. The number of nitrogens with one attached hydrogen (secondary N) is 3. The minimum absolute atomic E-state index is 0.145. The molecule has 1 fully saturated rings. The molecule has 2 heterocycles. The van der Waals surface area contributed by atoms with E-state index in [-0.39, 0.29) is 17.9 Å². The van der Waals surface area contributed by atoms with Crippen molar-refractivity contribution >= 4 is 28.4 Å². The lowest BCUT2D eigenvalue weighted by Crippen LogP contribution is -2.53. The Hall–Kier alpha value is -3.45. The number of fused-ring (bicyclic) bond motifs is 1. The van der Waals surface area contributed by atoms with Gasteiger partial charge in [0.25, 0.3) is 0 Å². The summed E-state index contributed by atoms with van der Waals surface area (Å²) in [5.74, 6) is 0.358. The normalized spacial score (nSPS) is 19.1. The maximum Gasteiger partial charge on any atom is 0.242 e. The third-order valence-corrected chi connectivity index (χ3v) is 6.41. The fourth-order valence-electron chi connectivity index (χ4n) is 4.52. The largest absolute Gasteiger partial charge is 0.384 e. The van der Waals surface area contributed by atoms with Crippen LogP contribution in [0.1, 0.15) is 42.5 Å². The van der Waals surface area contributed by atoms with Crippen LogP contribution in [0.25, 0.3) is 10.8 Å². The molecule has 7 nitrogen and oxygen atoms in total. The van der Waals surface area contributed by atoms with Crippen molar-refractivity contribution in [2.24, 2.45) is 0 Å². The van der Waals surface area contributed by atoms with Crippen LogP contribution in [0.4, 0.5) is 5.82 Å². The van der Waals surface area contributed by atoms with Crippen LogP contribution in [0.15, 0.2) is 54.6 Å².